The highest BCUT2D eigenvalue weighted by molar-refractivity contribution is 5.85. The van der Waals surface area contributed by atoms with E-state index in [9.17, 15) is 4.79 Å². The van der Waals surface area contributed by atoms with Gasteiger partial charge in [-0.05, 0) is 25.7 Å². The Morgan fingerprint density at radius 3 is 2.76 bits per heavy atom. The summed E-state index contributed by atoms with van der Waals surface area (Å²) in [5.41, 5.74) is 0.760. The second-order valence-electron chi connectivity index (χ2n) is 4.63. The third-order valence-corrected chi connectivity index (χ3v) is 2.95. The van der Waals surface area contributed by atoms with Crippen LogP contribution in [0.3, 0.4) is 0 Å². The predicted octanol–water partition coefficient (Wildman–Crippen LogP) is 1.78. The van der Waals surface area contributed by atoms with Crippen LogP contribution in [0.5, 0.6) is 0 Å². The summed E-state index contributed by atoms with van der Waals surface area (Å²) in [6, 6.07) is 2.31. The lowest BCUT2D eigenvalue weighted by Gasteiger charge is -2.33. The number of hydrogen-bond acceptors (Lipinski definition) is 5. The number of carbonyl (C=O) groups excluding carboxylic acids is 1. The van der Waals surface area contributed by atoms with Gasteiger partial charge in [0.1, 0.15) is 5.82 Å². The van der Waals surface area contributed by atoms with Crippen LogP contribution in [-0.2, 0) is 4.74 Å². The normalized spacial score (nSPS) is 22.8. The first-order valence-corrected chi connectivity index (χ1v) is 5.79. The topological polar surface area (TPSA) is 64.1 Å². The Morgan fingerprint density at radius 1 is 1.47 bits per heavy atom. The third kappa shape index (κ3) is 2.72. The summed E-state index contributed by atoms with van der Waals surface area (Å²) in [4.78, 5) is 19.6. The van der Waals surface area contributed by atoms with Gasteiger partial charge >= 0.3 is 5.97 Å². The Hall–Kier alpha value is -1.65. The molecule has 0 atom stereocenters. The highest BCUT2D eigenvalue weighted by atomic mass is 16.5. The lowest BCUT2D eigenvalue weighted by molar-refractivity contribution is 0.0586. The number of methoxy groups -OCH3 is 1. The van der Waals surface area contributed by atoms with Gasteiger partial charge < -0.3 is 10.1 Å². The average molecular weight is 235 g/mol. The predicted molar refractivity (Wildman–Crippen MR) is 63.9 cm³/mol. The van der Waals surface area contributed by atoms with Crippen molar-refractivity contribution in [3.05, 3.63) is 17.6 Å². The molecule has 0 amide bonds. The van der Waals surface area contributed by atoms with Crippen LogP contribution in [0.2, 0.25) is 0 Å². The molecule has 5 heteroatoms. The van der Waals surface area contributed by atoms with Crippen LogP contribution in [-0.4, -0.2) is 29.1 Å². The largest absolute Gasteiger partial charge is 0.463 e. The number of anilines is 1. The number of ether oxygens (including phenoxy) is 1. The van der Waals surface area contributed by atoms with E-state index < -0.39 is 5.97 Å². The Morgan fingerprint density at radius 2 is 2.18 bits per heavy atom. The Kier molecular flexibility index (Phi) is 3.26. The van der Waals surface area contributed by atoms with Crippen LogP contribution in [0, 0.1) is 12.8 Å². The zero-order valence-electron chi connectivity index (χ0n) is 10.4. The van der Waals surface area contributed by atoms with Crippen molar-refractivity contribution in [1.82, 2.24) is 9.97 Å². The van der Waals surface area contributed by atoms with Crippen molar-refractivity contribution in [1.29, 1.82) is 0 Å². The van der Waals surface area contributed by atoms with E-state index >= 15 is 0 Å². The SMILES string of the molecule is COC(=O)c1nc(C)cc(NC2CC(C)C2)n1. The molecule has 0 unspecified atom stereocenters. The van der Waals surface area contributed by atoms with Gasteiger partial charge in [-0.1, -0.05) is 6.92 Å². The van der Waals surface area contributed by atoms with Gasteiger partial charge in [0.15, 0.2) is 0 Å². The van der Waals surface area contributed by atoms with Crippen LogP contribution in [0.25, 0.3) is 0 Å². The fraction of sp³-hybridized carbons (Fsp3) is 0.583. The maximum absolute atomic E-state index is 11.4. The van der Waals surface area contributed by atoms with Crippen LogP contribution in [0.4, 0.5) is 5.82 Å². The van der Waals surface area contributed by atoms with E-state index in [1.807, 2.05) is 13.0 Å². The van der Waals surface area contributed by atoms with Crippen LogP contribution in [0.1, 0.15) is 36.1 Å². The molecule has 92 valence electrons. The molecule has 17 heavy (non-hydrogen) atoms. The lowest BCUT2D eigenvalue weighted by atomic mass is 9.82. The van der Waals surface area contributed by atoms with E-state index in [1.165, 1.54) is 7.11 Å². The molecule has 0 spiro atoms. The average Bonchev–Trinajstić information content (AvgIpc) is 2.25. The number of nitrogens with one attached hydrogen (secondary N) is 1. The molecule has 2 rings (SSSR count). The molecular weight excluding hydrogens is 218 g/mol. The maximum Gasteiger partial charge on any atom is 0.376 e. The van der Waals surface area contributed by atoms with Crippen molar-refractivity contribution in [3.63, 3.8) is 0 Å². The fourth-order valence-electron chi connectivity index (χ4n) is 2.05. The number of aromatic nitrogens is 2. The van der Waals surface area contributed by atoms with Gasteiger partial charge in [-0.25, -0.2) is 14.8 Å². The number of hydrogen-bond donors (Lipinski definition) is 1. The van der Waals surface area contributed by atoms with Crippen molar-refractivity contribution >= 4 is 11.8 Å². The molecular formula is C12H17N3O2. The highest BCUT2D eigenvalue weighted by Gasteiger charge is 2.25. The molecule has 1 aliphatic carbocycles. The van der Waals surface area contributed by atoms with Gasteiger partial charge in [-0.15, -0.1) is 0 Å². The number of carbonyl (C=O) groups is 1. The van der Waals surface area contributed by atoms with Gasteiger partial charge in [0.05, 0.1) is 7.11 Å². The summed E-state index contributed by atoms with van der Waals surface area (Å²) in [5, 5.41) is 3.31. The molecule has 1 N–H and O–H groups in total. The minimum Gasteiger partial charge on any atom is -0.463 e. The molecule has 0 saturated heterocycles. The Bertz CT molecular complexity index is 428. The summed E-state index contributed by atoms with van der Waals surface area (Å²) in [5.74, 6) is 1.09. The zero-order chi connectivity index (χ0) is 12.4. The van der Waals surface area contributed by atoms with E-state index in [2.05, 4.69) is 26.9 Å². The minimum atomic E-state index is -0.501. The first-order chi connectivity index (χ1) is 8.08. The van der Waals surface area contributed by atoms with Gasteiger partial charge in [0.2, 0.25) is 5.82 Å². The summed E-state index contributed by atoms with van der Waals surface area (Å²) in [7, 11) is 1.33. The van der Waals surface area contributed by atoms with Gasteiger partial charge in [-0.2, -0.15) is 0 Å². The molecule has 1 aromatic heterocycles. The fourth-order valence-corrected chi connectivity index (χ4v) is 2.05. The number of aryl methyl sites for hydroxylation is 1. The summed E-state index contributed by atoms with van der Waals surface area (Å²) in [6.07, 6.45) is 2.30. The number of nitrogens with zero attached hydrogens (tertiary/aromatic N) is 2. The Labute approximate surface area is 101 Å². The van der Waals surface area contributed by atoms with E-state index in [-0.39, 0.29) is 5.82 Å². The quantitative estimate of drug-likeness (QED) is 0.809. The molecule has 0 aromatic carbocycles. The number of esters is 1. The van der Waals surface area contributed by atoms with Crippen LogP contribution < -0.4 is 5.32 Å². The van der Waals surface area contributed by atoms with Crippen molar-refractivity contribution in [2.75, 3.05) is 12.4 Å². The van der Waals surface area contributed by atoms with Crippen molar-refractivity contribution < 1.29 is 9.53 Å². The Balaban J connectivity index is 2.11. The molecule has 5 nitrogen and oxygen atoms in total. The summed E-state index contributed by atoms with van der Waals surface area (Å²) < 4.78 is 4.62. The van der Waals surface area contributed by atoms with E-state index in [4.69, 9.17) is 0 Å². The monoisotopic (exact) mass is 235 g/mol. The zero-order valence-corrected chi connectivity index (χ0v) is 10.4. The standard InChI is InChI=1S/C12H17N3O2/c1-7-4-9(5-7)14-10-6-8(2)13-11(15-10)12(16)17-3/h6-7,9H,4-5H2,1-3H3,(H,13,14,15). The molecule has 0 bridgehead atoms. The van der Waals surface area contributed by atoms with Crippen molar-refractivity contribution in [2.45, 2.75) is 32.7 Å². The van der Waals surface area contributed by atoms with Crippen LogP contribution >= 0.6 is 0 Å². The first-order valence-electron chi connectivity index (χ1n) is 5.79. The second-order valence-corrected chi connectivity index (χ2v) is 4.63. The molecule has 0 aliphatic heterocycles. The third-order valence-electron chi connectivity index (χ3n) is 2.95. The van der Waals surface area contributed by atoms with Gasteiger partial charge in [0.25, 0.3) is 0 Å². The first kappa shape index (κ1) is 11.8. The van der Waals surface area contributed by atoms with E-state index in [1.54, 1.807) is 0 Å². The smallest absolute Gasteiger partial charge is 0.376 e. The lowest BCUT2D eigenvalue weighted by Crippen LogP contribution is -2.34. The highest BCUT2D eigenvalue weighted by Crippen LogP contribution is 2.28. The van der Waals surface area contributed by atoms with Crippen LogP contribution in [0.15, 0.2) is 6.07 Å². The van der Waals surface area contributed by atoms with Crippen molar-refractivity contribution in [2.24, 2.45) is 5.92 Å². The van der Waals surface area contributed by atoms with Gasteiger partial charge in [-0.3, -0.25) is 0 Å². The summed E-state index contributed by atoms with van der Waals surface area (Å²) in [6.45, 7) is 4.06. The minimum absolute atomic E-state index is 0.113. The number of rotatable bonds is 3. The molecule has 0 radical (unpaired) electrons. The second kappa shape index (κ2) is 4.69. The van der Waals surface area contributed by atoms with Crippen molar-refractivity contribution in [3.8, 4) is 0 Å². The summed E-state index contributed by atoms with van der Waals surface area (Å²) >= 11 is 0. The van der Waals surface area contributed by atoms with E-state index in [0.717, 1.165) is 24.5 Å². The molecule has 1 aromatic rings. The van der Waals surface area contributed by atoms with Gasteiger partial charge in [0, 0.05) is 17.8 Å². The molecule has 1 saturated carbocycles. The molecule has 1 aliphatic rings. The maximum atomic E-state index is 11.4. The molecule has 1 heterocycles. The molecule has 1 fully saturated rings. The van der Waals surface area contributed by atoms with E-state index in [0.29, 0.717) is 11.9 Å².